The largest absolute Gasteiger partial charge is 0.411 e. The fourth-order valence-corrected chi connectivity index (χ4v) is 2.89. The van der Waals surface area contributed by atoms with Gasteiger partial charge in [0.25, 0.3) is 0 Å². The number of nitrogens with zero attached hydrogens (tertiary/aromatic N) is 1. The molecule has 20 heavy (non-hydrogen) atoms. The third kappa shape index (κ3) is 1.76. The zero-order chi connectivity index (χ0) is 14.3. The van der Waals surface area contributed by atoms with Gasteiger partial charge in [-0.15, -0.1) is 0 Å². The van der Waals surface area contributed by atoms with Crippen LogP contribution in [0.5, 0.6) is 0 Å². The van der Waals surface area contributed by atoms with Gasteiger partial charge in [-0.3, -0.25) is 0 Å². The highest BCUT2D eigenvalue weighted by Gasteiger charge is 2.24. The van der Waals surface area contributed by atoms with Crippen LogP contribution in [-0.4, -0.2) is 10.9 Å². The second-order valence-electron chi connectivity index (χ2n) is 5.37. The first-order chi connectivity index (χ1) is 9.63. The molecule has 1 N–H and O–H groups in total. The molecule has 0 unspecified atom stereocenters. The number of allylic oxidation sites excluding steroid dienone is 1. The maximum Gasteiger partial charge on any atom is 0.0837 e. The van der Waals surface area contributed by atoms with E-state index in [1.54, 1.807) is 0 Å². The zero-order valence-electron chi connectivity index (χ0n) is 11.9. The monoisotopic (exact) mass is 263 g/mol. The molecular weight excluding hydrogens is 246 g/mol. The quantitative estimate of drug-likeness (QED) is 0.385. The Morgan fingerprint density at radius 1 is 0.850 bits per heavy atom. The topological polar surface area (TPSA) is 32.6 Å². The SMILES string of the molecule is CC(=NO)c1ccc2c(c1)C(=C(C)C)c1ccccc1-2. The van der Waals surface area contributed by atoms with E-state index in [0.717, 1.165) is 5.56 Å². The smallest absolute Gasteiger partial charge is 0.0837 e. The Morgan fingerprint density at radius 2 is 1.50 bits per heavy atom. The molecule has 100 valence electrons. The number of benzene rings is 2. The Labute approximate surface area is 119 Å². The van der Waals surface area contributed by atoms with Crippen LogP contribution in [0.4, 0.5) is 0 Å². The van der Waals surface area contributed by atoms with Crippen molar-refractivity contribution < 1.29 is 5.21 Å². The third-order valence-electron chi connectivity index (χ3n) is 3.84. The van der Waals surface area contributed by atoms with E-state index < -0.39 is 0 Å². The Hall–Kier alpha value is -2.35. The second kappa shape index (κ2) is 4.64. The van der Waals surface area contributed by atoms with Crippen molar-refractivity contribution in [3.05, 3.63) is 64.7 Å². The molecule has 2 heteroatoms. The maximum absolute atomic E-state index is 8.96. The van der Waals surface area contributed by atoms with Crippen LogP contribution in [-0.2, 0) is 0 Å². The lowest BCUT2D eigenvalue weighted by Gasteiger charge is -2.07. The molecule has 0 amide bonds. The molecule has 1 aliphatic carbocycles. The standard InChI is InChI=1S/C18H17NO/c1-11(2)18-16-7-5-4-6-14(16)15-9-8-13(10-17(15)18)12(3)19-20/h4-10,20H,1-3H3. The minimum absolute atomic E-state index is 0.636. The molecule has 0 fully saturated rings. The lowest BCUT2D eigenvalue weighted by molar-refractivity contribution is 0.319. The molecule has 3 rings (SSSR count). The van der Waals surface area contributed by atoms with Crippen molar-refractivity contribution in [1.29, 1.82) is 0 Å². The summed E-state index contributed by atoms with van der Waals surface area (Å²) in [5, 5.41) is 12.3. The molecule has 2 nitrogen and oxygen atoms in total. The minimum atomic E-state index is 0.636. The first-order valence-electron chi connectivity index (χ1n) is 6.74. The van der Waals surface area contributed by atoms with Gasteiger partial charge in [0, 0.05) is 0 Å². The summed E-state index contributed by atoms with van der Waals surface area (Å²) >= 11 is 0. The van der Waals surface area contributed by atoms with Crippen molar-refractivity contribution in [3.8, 4) is 11.1 Å². The summed E-state index contributed by atoms with van der Waals surface area (Å²) in [5.74, 6) is 0. The average molecular weight is 263 g/mol. The zero-order valence-corrected chi connectivity index (χ0v) is 11.9. The van der Waals surface area contributed by atoms with Crippen LogP contribution in [0.1, 0.15) is 37.5 Å². The molecule has 0 spiro atoms. The van der Waals surface area contributed by atoms with Crippen LogP contribution in [0.15, 0.2) is 53.2 Å². The van der Waals surface area contributed by atoms with Gasteiger partial charge in [0.1, 0.15) is 0 Å². The van der Waals surface area contributed by atoms with Crippen LogP contribution in [0, 0.1) is 0 Å². The molecule has 0 aliphatic heterocycles. The Bertz CT molecular complexity index is 750. The molecule has 1 aliphatic rings. The van der Waals surface area contributed by atoms with E-state index in [1.165, 1.54) is 33.4 Å². The summed E-state index contributed by atoms with van der Waals surface area (Å²) in [6, 6.07) is 14.7. The van der Waals surface area contributed by atoms with E-state index in [2.05, 4.69) is 55.4 Å². The lowest BCUT2D eigenvalue weighted by Crippen LogP contribution is -1.96. The maximum atomic E-state index is 8.96. The predicted molar refractivity (Wildman–Crippen MR) is 83.2 cm³/mol. The summed E-state index contributed by atoms with van der Waals surface area (Å²) in [4.78, 5) is 0. The summed E-state index contributed by atoms with van der Waals surface area (Å²) in [6.45, 7) is 6.09. The van der Waals surface area contributed by atoms with Crippen LogP contribution < -0.4 is 0 Å². The Kier molecular flexibility index (Phi) is 2.94. The molecule has 0 saturated heterocycles. The van der Waals surface area contributed by atoms with E-state index in [4.69, 9.17) is 5.21 Å². The van der Waals surface area contributed by atoms with E-state index in [0.29, 0.717) is 5.71 Å². The van der Waals surface area contributed by atoms with Crippen molar-refractivity contribution in [2.45, 2.75) is 20.8 Å². The van der Waals surface area contributed by atoms with Crippen molar-refractivity contribution in [2.75, 3.05) is 0 Å². The van der Waals surface area contributed by atoms with E-state index in [1.807, 2.05) is 13.0 Å². The summed E-state index contributed by atoms with van der Waals surface area (Å²) < 4.78 is 0. The molecule has 0 aromatic heterocycles. The van der Waals surface area contributed by atoms with Crippen LogP contribution in [0.2, 0.25) is 0 Å². The fourth-order valence-electron chi connectivity index (χ4n) is 2.89. The van der Waals surface area contributed by atoms with Crippen molar-refractivity contribution in [3.63, 3.8) is 0 Å². The highest BCUT2D eigenvalue weighted by Crippen LogP contribution is 2.45. The molecule has 0 heterocycles. The van der Waals surface area contributed by atoms with Crippen molar-refractivity contribution in [2.24, 2.45) is 5.16 Å². The van der Waals surface area contributed by atoms with Gasteiger partial charge in [-0.2, -0.15) is 0 Å². The van der Waals surface area contributed by atoms with Gasteiger partial charge in [-0.05, 0) is 60.2 Å². The average Bonchev–Trinajstić information content (AvgIpc) is 2.80. The summed E-state index contributed by atoms with van der Waals surface area (Å²) in [7, 11) is 0. The van der Waals surface area contributed by atoms with Crippen LogP contribution in [0.3, 0.4) is 0 Å². The Balaban J connectivity index is 2.32. The minimum Gasteiger partial charge on any atom is -0.411 e. The number of hydrogen-bond acceptors (Lipinski definition) is 2. The van der Waals surface area contributed by atoms with E-state index in [9.17, 15) is 0 Å². The number of hydrogen-bond donors (Lipinski definition) is 1. The number of rotatable bonds is 1. The van der Waals surface area contributed by atoms with Gasteiger partial charge in [-0.1, -0.05) is 47.1 Å². The molecule has 0 saturated carbocycles. The van der Waals surface area contributed by atoms with Crippen LogP contribution >= 0.6 is 0 Å². The summed E-state index contributed by atoms with van der Waals surface area (Å²) in [6.07, 6.45) is 0. The normalized spacial score (nSPS) is 13.2. The van der Waals surface area contributed by atoms with Gasteiger partial charge in [0.05, 0.1) is 5.71 Å². The highest BCUT2D eigenvalue weighted by atomic mass is 16.4. The van der Waals surface area contributed by atoms with E-state index in [-0.39, 0.29) is 0 Å². The number of oxime groups is 1. The molecule has 2 aromatic rings. The van der Waals surface area contributed by atoms with Gasteiger partial charge in [0.15, 0.2) is 0 Å². The van der Waals surface area contributed by atoms with Gasteiger partial charge in [0.2, 0.25) is 0 Å². The van der Waals surface area contributed by atoms with Crippen LogP contribution in [0.25, 0.3) is 16.7 Å². The molecule has 0 bridgehead atoms. The fraction of sp³-hybridized carbons (Fsp3) is 0.167. The van der Waals surface area contributed by atoms with E-state index >= 15 is 0 Å². The predicted octanol–water partition coefficient (Wildman–Crippen LogP) is 4.71. The number of fused-ring (bicyclic) bond motifs is 3. The molecule has 0 atom stereocenters. The Morgan fingerprint density at radius 3 is 2.15 bits per heavy atom. The molecule has 2 aromatic carbocycles. The second-order valence-corrected chi connectivity index (χ2v) is 5.37. The first kappa shape index (κ1) is 12.7. The van der Waals surface area contributed by atoms with Crippen molar-refractivity contribution in [1.82, 2.24) is 0 Å². The van der Waals surface area contributed by atoms with Gasteiger partial charge in [-0.25, -0.2) is 0 Å². The lowest BCUT2D eigenvalue weighted by atomic mass is 9.97. The first-order valence-corrected chi connectivity index (χ1v) is 6.74. The summed E-state index contributed by atoms with van der Waals surface area (Å²) in [5.41, 5.74) is 9.24. The van der Waals surface area contributed by atoms with Gasteiger partial charge >= 0.3 is 0 Å². The highest BCUT2D eigenvalue weighted by molar-refractivity contribution is 6.05. The molecular formula is C18H17NO. The molecule has 0 radical (unpaired) electrons. The van der Waals surface area contributed by atoms with Gasteiger partial charge < -0.3 is 5.21 Å². The third-order valence-corrected chi connectivity index (χ3v) is 3.84. The van der Waals surface area contributed by atoms with Crippen molar-refractivity contribution >= 4 is 11.3 Å².